The molecule has 0 saturated heterocycles. The maximum Gasteiger partial charge on any atom is 0.343 e. The third-order valence-electron chi connectivity index (χ3n) is 4.12. The van der Waals surface area contributed by atoms with Crippen molar-refractivity contribution >= 4 is 29.4 Å². The standard InChI is InChI=1S/C22H28N2O5/c1-6-16-9-10-17-19(13-16)23(14-18(20(17)26)21(27)28-7-2)11-8-12-24(15-25)29-22(3,4)5/h6,9-10,13-15H,1,7-8,11-12H2,2-5H3. The SMILES string of the molecule is C=Cc1ccc2c(=O)c(C(=O)OCC)cn(CCCN(C=O)OC(C)(C)C)c2c1. The van der Waals surface area contributed by atoms with Crippen molar-refractivity contribution in [2.24, 2.45) is 0 Å². The summed E-state index contributed by atoms with van der Waals surface area (Å²) in [7, 11) is 0. The Morgan fingerprint density at radius 2 is 2.03 bits per heavy atom. The zero-order valence-corrected chi connectivity index (χ0v) is 17.4. The van der Waals surface area contributed by atoms with E-state index in [1.165, 1.54) is 11.3 Å². The highest BCUT2D eigenvalue weighted by molar-refractivity contribution is 5.94. The summed E-state index contributed by atoms with van der Waals surface area (Å²) in [6.45, 7) is 12.1. The van der Waals surface area contributed by atoms with E-state index < -0.39 is 11.6 Å². The highest BCUT2D eigenvalue weighted by Crippen LogP contribution is 2.17. The van der Waals surface area contributed by atoms with Crippen LogP contribution in [0.2, 0.25) is 0 Å². The molecule has 0 fully saturated rings. The zero-order chi connectivity index (χ0) is 21.6. The van der Waals surface area contributed by atoms with Crippen LogP contribution < -0.4 is 5.43 Å². The molecule has 1 aromatic carbocycles. The van der Waals surface area contributed by atoms with Gasteiger partial charge in [-0.3, -0.25) is 14.4 Å². The van der Waals surface area contributed by atoms with Crippen LogP contribution in [0.4, 0.5) is 0 Å². The topological polar surface area (TPSA) is 77.8 Å². The van der Waals surface area contributed by atoms with Crippen molar-refractivity contribution in [1.82, 2.24) is 9.63 Å². The Kier molecular flexibility index (Phi) is 7.34. The summed E-state index contributed by atoms with van der Waals surface area (Å²) < 4.78 is 6.86. The van der Waals surface area contributed by atoms with Crippen LogP contribution in [0.1, 0.15) is 50.0 Å². The van der Waals surface area contributed by atoms with Crippen molar-refractivity contribution in [2.45, 2.75) is 46.3 Å². The maximum atomic E-state index is 12.8. The van der Waals surface area contributed by atoms with E-state index in [0.717, 1.165) is 5.56 Å². The molecule has 0 bridgehead atoms. The van der Waals surface area contributed by atoms with Crippen molar-refractivity contribution in [3.8, 4) is 0 Å². The van der Waals surface area contributed by atoms with Gasteiger partial charge >= 0.3 is 5.97 Å². The first-order chi connectivity index (χ1) is 13.7. The van der Waals surface area contributed by atoms with E-state index in [-0.39, 0.29) is 17.6 Å². The van der Waals surface area contributed by atoms with Crippen molar-refractivity contribution in [3.05, 3.63) is 52.3 Å². The second-order valence-corrected chi connectivity index (χ2v) is 7.57. The van der Waals surface area contributed by atoms with Crippen LogP contribution >= 0.6 is 0 Å². The Morgan fingerprint density at radius 3 is 2.62 bits per heavy atom. The monoisotopic (exact) mass is 400 g/mol. The van der Waals surface area contributed by atoms with Gasteiger partial charge in [-0.25, -0.2) is 9.86 Å². The lowest BCUT2D eigenvalue weighted by Gasteiger charge is -2.26. The fraction of sp³-hybridized carbons (Fsp3) is 0.409. The van der Waals surface area contributed by atoms with Gasteiger partial charge in [-0.1, -0.05) is 18.7 Å². The summed E-state index contributed by atoms with van der Waals surface area (Å²) in [6.07, 6.45) is 4.42. The molecule has 2 aromatic rings. The van der Waals surface area contributed by atoms with Gasteiger partial charge < -0.3 is 9.30 Å². The van der Waals surface area contributed by atoms with Crippen LogP contribution in [-0.2, 0) is 20.9 Å². The number of hydroxylamine groups is 2. The van der Waals surface area contributed by atoms with E-state index in [4.69, 9.17) is 9.57 Å². The number of rotatable bonds is 9. The summed E-state index contributed by atoms with van der Waals surface area (Å²) >= 11 is 0. The van der Waals surface area contributed by atoms with E-state index in [1.54, 1.807) is 25.1 Å². The molecule has 1 heterocycles. The average Bonchev–Trinajstić information content (AvgIpc) is 2.67. The van der Waals surface area contributed by atoms with E-state index in [2.05, 4.69) is 6.58 Å². The number of aromatic nitrogens is 1. The molecule has 0 aliphatic rings. The summed E-state index contributed by atoms with van der Waals surface area (Å²) in [6, 6.07) is 5.32. The minimum absolute atomic E-state index is 0.0103. The first-order valence-electron chi connectivity index (χ1n) is 9.58. The smallest absolute Gasteiger partial charge is 0.343 e. The Bertz CT molecular complexity index is 956. The van der Waals surface area contributed by atoms with Crippen LogP contribution in [0.5, 0.6) is 0 Å². The number of carbonyl (C=O) groups is 2. The number of aryl methyl sites for hydroxylation is 1. The number of benzene rings is 1. The fourth-order valence-electron chi connectivity index (χ4n) is 2.94. The number of nitrogens with zero attached hydrogens (tertiary/aromatic N) is 2. The van der Waals surface area contributed by atoms with Crippen molar-refractivity contribution < 1.29 is 19.2 Å². The van der Waals surface area contributed by atoms with Crippen molar-refractivity contribution in [3.63, 3.8) is 0 Å². The molecule has 0 N–H and O–H groups in total. The van der Waals surface area contributed by atoms with Gasteiger partial charge in [-0.2, -0.15) is 0 Å². The highest BCUT2D eigenvalue weighted by Gasteiger charge is 2.18. The van der Waals surface area contributed by atoms with Gasteiger partial charge in [-0.05, 0) is 51.8 Å². The number of amides is 1. The molecule has 0 unspecified atom stereocenters. The van der Waals surface area contributed by atoms with E-state index in [1.807, 2.05) is 31.4 Å². The maximum absolute atomic E-state index is 12.8. The molecular weight excluding hydrogens is 372 g/mol. The molecule has 0 saturated carbocycles. The molecule has 0 spiro atoms. The quantitative estimate of drug-likeness (QED) is 0.366. The molecule has 7 nitrogen and oxygen atoms in total. The number of pyridine rings is 1. The summed E-state index contributed by atoms with van der Waals surface area (Å²) in [5, 5.41) is 1.69. The predicted octanol–water partition coefficient (Wildman–Crippen LogP) is 3.40. The Morgan fingerprint density at radius 1 is 1.31 bits per heavy atom. The van der Waals surface area contributed by atoms with E-state index in [0.29, 0.717) is 36.8 Å². The minimum atomic E-state index is -0.647. The normalized spacial score (nSPS) is 11.3. The number of ether oxygens (including phenoxy) is 1. The first-order valence-corrected chi connectivity index (χ1v) is 9.58. The van der Waals surface area contributed by atoms with E-state index >= 15 is 0 Å². The first kappa shape index (κ1) is 22.4. The Balaban J connectivity index is 2.38. The van der Waals surface area contributed by atoms with Gasteiger partial charge in [0.2, 0.25) is 11.8 Å². The van der Waals surface area contributed by atoms with Crippen LogP contribution in [0.25, 0.3) is 17.0 Å². The molecule has 2 rings (SSSR count). The highest BCUT2D eigenvalue weighted by atomic mass is 16.7. The molecule has 1 aromatic heterocycles. The lowest BCUT2D eigenvalue weighted by atomic mass is 10.1. The Hall–Kier alpha value is -2.93. The molecule has 0 aliphatic heterocycles. The van der Waals surface area contributed by atoms with Gasteiger partial charge in [0.1, 0.15) is 5.56 Å². The van der Waals surface area contributed by atoms with Gasteiger partial charge in [0.15, 0.2) is 0 Å². The van der Waals surface area contributed by atoms with Crippen molar-refractivity contribution in [2.75, 3.05) is 13.2 Å². The van der Waals surface area contributed by atoms with Gasteiger partial charge in [-0.15, -0.1) is 0 Å². The number of esters is 1. The second-order valence-electron chi connectivity index (χ2n) is 7.57. The fourth-order valence-corrected chi connectivity index (χ4v) is 2.94. The van der Waals surface area contributed by atoms with Gasteiger partial charge in [0.25, 0.3) is 0 Å². The van der Waals surface area contributed by atoms with Crippen LogP contribution in [-0.4, -0.2) is 40.8 Å². The zero-order valence-electron chi connectivity index (χ0n) is 17.4. The minimum Gasteiger partial charge on any atom is -0.462 e. The largest absolute Gasteiger partial charge is 0.462 e. The summed E-state index contributed by atoms with van der Waals surface area (Å²) in [4.78, 5) is 41.9. The third-order valence-corrected chi connectivity index (χ3v) is 4.12. The molecule has 0 atom stereocenters. The second kappa shape index (κ2) is 9.52. The van der Waals surface area contributed by atoms with Crippen molar-refractivity contribution in [1.29, 1.82) is 0 Å². The molecule has 1 amide bonds. The molecule has 0 radical (unpaired) electrons. The van der Waals surface area contributed by atoms with Crippen LogP contribution in [0, 0.1) is 0 Å². The number of hydrogen-bond donors (Lipinski definition) is 0. The molecule has 0 aliphatic carbocycles. The van der Waals surface area contributed by atoms with Gasteiger partial charge in [0, 0.05) is 18.1 Å². The lowest BCUT2D eigenvalue weighted by molar-refractivity contribution is -0.216. The molecule has 7 heteroatoms. The molecule has 29 heavy (non-hydrogen) atoms. The summed E-state index contributed by atoms with van der Waals surface area (Å²) in [5.74, 6) is -0.647. The van der Waals surface area contributed by atoms with Gasteiger partial charge in [0.05, 0.1) is 24.3 Å². The average molecular weight is 400 g/mol. The Labute approximate surface area is 170 Å². The number of carbonyl (C=O) groups excluding carboxylic acids is 2. The third kappa shape index (κ3) is 5.77. The van der Waals surface area contributed by atoms with Crippen LogP contribution in [0.15, 0.2) is 35.8 Å². The van der Waals surface area contributed by atoms with E-state index in [9.17, 15) is 14.4 Å². The van der Waals surface area contributed by atoms with Crippen LogP contribution in [0.3, 0.4) is 0 Å². The number of fused-ring (bicyclic) bond motifs is 1. The molecule has 156 valence electrons. The predicted molar refractivity (Wildman–Crippen MR) is 112 cm³/mol. The number of hydrogen-bond acceptors (Lipinski definition) is 5. The lowest BCUT2D eigenvalue weighted by Crippen LogP contribution is -2.34. The summed E-state index contributed by atoms with van der Waals surface area (Å²) in [5.41, 5.74) is 0.690. The molecular formula is C22H28N2O5.